The minimum Gasteiger partial charge on any atom is -0.445 e. The van der Waals surface area contributed by atoms with Crippen LogP contribution in [0.25, 0.3) is 0 Å². The fourth-order valence-electron chi connectivity index (χ4n) is 2.82. The van der Waals surface area contributed by atoms with Crippen LogP contribution in [0.3, 0.4) is 0 Å². The normalized spacial score (nSPS) is 29.3. The van der Waals surface area contributed by atoms with Crippen LogP contribution in [0.4, 0.5) is 4.79 Å². The van der Waals surface area contributed by atoms with Gasteiger partial charge >= 0.3 is 6.09 Å². The first-order valence-electron chi connectivity index (χ1n) is 6.53. The lowest BCUT2D eigenvalue weighted by molar-refractivity contribution is 0.102. The van der Waals surface area contributed by atoms with E-state index in [0.717, 1.165) is 17.1 Å². The maximum Gasteiger partial charge on any atom is 0.410 e. The van der Waals surface area contributed by atoms with E-state index in [2.05, 4.69) is 0 Å². The molecule has 4 nitrogen and oxygen atoms in total. The van der Waals surface area contributed by atoms with Crippen LogP contribution in [0, 0.1) is 11.8 Å². The highest BCUT2D eigenvalue weighted by atomic mass is 32.2. The molecule has 2 saturated heterocycles. The molecule has 0 aromatic heterocycles. The van der Waals surface area contributed by atoms with Gasteiger partial charge in [-0.25, -0.2) is 4.79 Å². The smallest absolute Gasteiger partial charge is 0.410 e. The number of amides is 1. The van der Waals surface area contributed by atoms with Gasteiger partial charge in [0.1, 0.15) is 6.61 Å². The fourth-order valence-corrected chi connectivity index (χ4v) is 4.67. The third-order valence-electron chi connectivity index (χ3n) is 3.84. The van der Waals surface area contributed by atoms with Crippen molar-refractivity contribution in [3.8, 4) is 0 Å². The maximum atomic E-state index is 12.0. The van der Waals surface area contributed by atoms with Gasteiger partial charge in [-0.3, -0.25) is 4.21 Å². The summed E-state index contributed by atoms with van der Waals surface area (Å²) in [6.45, 7) is 1.71. The number of hydrogen-bond donors (Lipinski definition) is 0. The van der Waals surface area contributed by atoms with Gasteiger partial charge in [-0.05, 0) is 17.4 Å². The molecular formula is C14H17NO3S. The van der Waals surface area contributed by atoms with Gasteiger partial charge in [-0.1, -0.05) is 30.3 Å². The molecular weight excluding hydrogens is 262 g/mol. The SMILES string of the molecule is O=C(OCc1ccccc1)N1CC2CS(=O)CC2C1. The number of nitrogens with zero attached hydrogens (tertiary/aromatic N) is 1. The molecule has 0 radical (unpaired) electrons. The Morgan fingerprint density at radius 1 is 1.21 bits per heavy atom. The molecule has 3 rings (SSSR count). The minimum atomic E-state index is -0.672. The summed E-state index contributed by atoms with van der Waals surface area (Å²) in [5, 5.41) is 0. The number of carbonyl (C=O) groups is 1. The van der Waals surface area contributed by atoms with Crippen LogP contribution in [0.2, 0.25) is 0 Å². The Balaban J connectivity index is 1.51. The van der Waals surface area contributed by atoms with Crippen molar-refractivity contribution in [2.75, 3.05) is 24.6 Å². The molecule has 0 aliphatic carbocycles. The summed E-state index contributed by atoms with van der Waals surface area (Å²) in [5.74, 6) is 2.30. The Kier molecular flexibility index (Phi) is 3.55. The van der Waals surface area contributed by atoms with Crippen LogP contribution in [0.15, 0.2) is 30.3 Å². The average molecular weight is 279 g/mol. The maximum absolute atomic E-state index is 12.0. The van der Waals surface area contributed by atoms with Crippen molar-refractivity contribution in [1.29, 1.82) is 0 Å². The topological polar surface area (TPSA) is 46.6 Å². The van der Waals surface area contributed by atoms with Gasteiger partial charge in [0.2, 0.25) is 0 Å². The first-order valence-corrected chi connectivity index (χ1v) is 8.02. The first-order chi connectivity index (χ1) is 9.22. The van der Waals surface area contributed by atoms with E-state index in [1.54, 1.807) is 4.90 Å². The molecule has 19 heavy (non-hydrogen) atoms. The molecule has 2 aliphatic rings. The van der Waals surface area contributed by atoms with Crippen LogP contribution in [-0.2, 0) is 22.1 Å². The number of likely N-dealkylation sites (tertiary alicyclic amines) is 1. The molecule has 1 aromatic rings. The van der Waals surface area contributed by atoms with E-state index >= 15 is 0 Å². The van der Waals surface area contributed by atoms with E-state index in [1.165, 1.54) is 0 Å². The summed E-state index contributed by atoms with van der Waals surface area (Å²) < 4.78 is 16.7. The summed E-state index contributed by atoms with van der Waals surface area (Å²) in [6, 6.07) is 9.68. The second-order valence-electron chi connectivity index (χ2n) is 5.24. The van der Waals surface area contributed by atoms with E-state index in [1.807, 2.05) is 30.3 Å². The van der Waals surface area contributed by atoms with Crippen molar-refractivity contribution in [2.45, 2.75) is 6.61 Å². The van der Waals surface area contributed by atoms with E-state index in [0.29, 0.717) is 31.5 Å². The third kappa shape index (κ3) is 2.81. The first kappa shape index (κ1) is 12.7. The number of carbonyl (C=O) groups excluding carboxylic acids is 1. The molecule has 0 N–H and O–H groups in total. The molecule has 2 fully saturated rings. The lowest BCUT2D eigenvalue weighted by Gasteiger charge is -2.16. The molecule has 1 aromatic carbocycles. The highest BCUT2D eigenvalue weighted by molar-refractivity contribution is 7.85. The zero-order valence-corrected chi connectivity index (χ0v) is 11.5. The highest BCUT2D eigenvalue weighted by Crippen LogP contribution is 2.31. The number of benzene rings is 1. The fraction of sp³-hybridized carbons (Fsp3) is 0.500. The zero-order valence-electron chi connectivity index (χ0n) is 10.7. The predicted octanol–water partition coefficient (Wildman–Crippen LogP) is 1.63. The van der Waals surface area contributed by atoms with Gasteiger partial charge in [0, 0.05) is 35.4 Å². The average Bonchev–Trinajstić information content (AvgIpc) is 2.94. The quantitative estimate of drug-likeness (QED) is 0.826. The van der Waals surface area contributed by atoms with Crippen molar-refractivity contribution >= 4 is 16.9 Å². The van der Waals surface area contributed by atoms with Crippen molar-refractivity contribution in [3.63, 3.8) is 0 Å². The summed E-state index contributed by atoms with van der Waals surface area (Å²) in [4.78, 5) is 13.7. The summed E-state index contributed by atoms with van der Waals surface area (Å²) >= 11 is 0. The lowest BCUT2D eigenvalue weighted by atomic mass is 10.0. The van der Waals surface area contributed by atoms with Gasteiger partial charge in [0.15, 0.2) is 0 Å². The standard InChI is InChI=1S/C14H17NO3S/c16-14(18-8-11-4-2-1-3-5-11)15-6-12-9-19(17)10-13(12)7-15/h1-5,12-13H,6-10H2. The predicted molar refractivity (Wildman–Crippen MR) is 73.1 cm³/mol. The zero-order chi connectivity index (χ0) is 13.2. The summed E-state index contributed by atoms with van der Waals surface area (Å²) in [5.41, 5.74) is 0.997. The van der Waals surface area contributed by atoms with E-state index in [9.17, 15) is 9.00 Å². The van der Waals surface area contributed by atoms with Crippen molar-refractivity contribution in [3.05, 3.63) is 35.9 Å². The third-order valence-corrected chi connectivity index (χ3v) is 5.44. The molecule has 102 valence electrons. The minimum absolute atomic E-state index is 0.246. The van der Waals surface area contributed by atoms with E-state index < -0.39 is 10.8 Å². The highest BCUT2D eigenvalue weighted by Gasteiger charge is 2.41. The second-order valence-corrected chi connectivity index (χ2v) is 6.78. The van der Waals surface area contributed by atoms with Gasteiger partial charge in [0.05, 0.1) is 0 Å². The largest absolute Gasteiger partial charge is 0.445 e. The van der Waals surface area contributed by atoms with Gasteiger partial charge < -0.3 is 9.64 Å². The summed E-state index contributed by atoms with van der Waals surface area (Å²) in [6.07, 6.45) is -0.246. The Hall–Kier alpha value is -1.36. The van der Waals surface area contributed by atoms with Crippen LogP contribution in [-0.4, -0.2) is 39.8 Å². The molecule has 1 amide bonds. The molecule has 0 bridgehead atoms. The molecule has 0 spiro atoms. The van der Waals surface area contributed by atoms with E-state index in [4.69, 9.17) is 4.74 Å². The van der Waals surface area contributed by atoms with Gasteiger partial charge in [-0.2, -0.15) is 0 Å². The van der Waals surface area contributed by atoms with Crippen molar-refractivity contribution in [1.82, 2.24) is 4.90 Å². The Morgan fingerprint density at radius 3 is 2.47 bits per heavy atom. The summed E-state index contributed by atoms with van der Waals surface area (Å²) in [7, 11) is -0.672. The monoisotopic (exact) mass is 279 g/mol. The van der Waals surface area contributed by atoms with Gasteiger partial charge in [0.25, 0.3) is 0 Å². The molecule has 2 atom stereocenters. The second kappa shape index (κ2) is 5.33. The van der Waals surface area contributed by atoms with Crippen molar-refractivity contribution in [2.24, 2.45) is 11.8 Å². The molecule has 2 unspecified atom stereocenters. The van der Waals surface area contributed by atoms with Crippen molar-refractivity contribution < 1.29 is 13.7 Å². The molecule has 5 heteroatoms. The number of rotatable bonds is 2. The molecule has 2 aliphatic heterocycles. The Bertz CT molecular complexity index is 475. The van der Waals surface area contributed by atoms with Crippen LogP contribution in [0.1, 0.15) is 5.56 Å². The molecule has 0 saturated carbocycles. The number of fused-ring (bicyclic) bond motifs is 1. The lowest BCUT2D eigenvalue weighted by Crippen LogP contribution is -2.31. The van der Waals surface area contributed by atoms with Crippen LogP contribution in [0.5, 0.6) is 0 Å². The number of hydrogen-bond acceptors (Lipinski definition) is 3. The van der Waals surface area contributed by atoms with E-state index in [-0.39, 0.29) is 6.09 Å². The Labute approximate surface area is 115 Å². The number of ether oxygens (including phenoxy) is 1. The van der Waals surface area contributed by atoms with Gasteiger partial charge in [-0.15, -0.1) is 0 Å². The molecule has 2 heterocycles. The Morgan fingerprint density at radius 2 is 1.84 bits per heavy atom. The van der Waals surface area contributed by atoms with Crippen LogP contribution >= 0.6 is 0 Å². The van der Waals surface area contributed by atoms with Crippen LogP contribution < -0.4 is 0 Å².